The number of hydrogen-bond acceptors (Lipinski definition) is 3. The third-order valence-corrected chi connectivity index (χ3v) is 3.74. The van der Waals surface area contributed by atoms with Crippen LogP contribution in [0.1, 0.15) is 18.4 Å². The molecule has 0 aliphatic carbocycles. The summed E-state index contributed by atoms with van der Waals surface area (Å²) < 4.78 is 1.04. The summed E-state index contributed by atoms with van der Waals surface area (Å²) in [6, 6.07) is 1.98. The maximum absolute atomic E-state index is 9.62. The summed E-state index contributed by atoms with van der Waals surface area (Å²) in [6.45, 7) is 3.72. The SMILES string of the molecule is Cc1ccnc(N2CCCC(O)C2)c1Br. The molecule has 1 atom stereocenters. The van der Waals surface area contributed by atoms with Crippen molar-refractivity contribution in [1.82, 2.24) is 4.98 Å². The van der Waals surface area contributed by atoms with Crippen molar-refractivity contribution in [2.24, 2.45) is 0 Å². The van der Waals surface area contributed by atoms with Crippen LogP contribution in [0.4, 0.5) is 5.82 Å². The van der Waals surface area contributed by atoms with E-state index >= 15 is 0 Å². The maximum Gasteiger partial charge on any atom is 0.143 e. The third-order valence-electron chi connectivity index (χ3n) is 2.76. The van der Waals surface area contributed by atoms with Crippen LogP contribution in [0.15, 0.2) is 16.7 Å². The summed E-state index contributed by atoms with van der Waals surface area (Å²) >= 11 is 3.55. The molecule has 82 valence electrons. The van der Waals surface area contributed by atoms with E-state index in [1.807, 2.05) is 12.3 Å². The molecule has 1 unspecified atom stereocenters. The van der Waals surface area contributed by atoms with Crippen LogP contribution in [0.25, 0.3) is 0 Å². The minimum atomic E-state index is -0.215. The van der Waals surface area contributed by atoms with Gasteiger partial charge in [-0.15, -0.1) is 0 Å². The molecule has 1 aromatic heterocycles. The van der Waals surface area contributed by atoms with Crippen molar-refractivity contribution in [1.29, 1.82) is 0 Å². The summed E-state index contributed by atoms with van der Waals surface area (Å²) in [6.07, 6.45) is 3.53. The van der Waals surface area contributed by atoms with Gasteiger partial charge >= 0.3 is 0 Å². The molecule has 0 aromatic carbocycles. The van der Waals surface area contributed by atoms with Crippen LogP contribution < -0.4 is 4.90 Å². The Labute approximate surface area is 98.3 Å². The predicted molar refractivity (Wildman–Crippen MR) is 64.1 cm³/mol. The Balaban J connectivity index is 2.24. The van der Waals surface area contributed by atoms with E-state index < -0.39 is 0 Å². The van der Waals surface area contributed by atoms with Gasteiger partial charge in [0.25, 0.3) is 0 Å². The van der Waals surface area contributed by atoms with Crippen molar-refractivity contribution in [3.05, 3.63) is 22.3 Å². The van der Waals surface area contributed by atoms with Crippen LogP contribution in [0.5, 0.6) is 0 Å². The second kappa shape index (κ2) is 4.49. The standard InChI is InChI=1S/C11H15BrN2O/c1-8-4-5-13-11(10(8)12)14-6-2-3-9(15)7-14/h4-5,9,15H,2-3,6-7H2,1H3. The number of aryl methyl sites for hydroxylation is 1. The monoisotopic (exact) mass is 270 g/mol. The number of anilines is 1. The molecular formula is C11H15BrN2O. The molecule has 1 aromatic rings. The van der Waals surface area contributed by atoms with E-state index in [1.54, 1.807) is 0 Å². The maximum atomic E-state index is 9.62. The lowest BCUT2D eigenvalue weighted by Gasteiger charge is -2.31. The lowest BCUT2D eigenvalue weighted by molar-refractivity contribution is 0.154. The average Bonchev–Trinajstić information content (AvgIpc) is 2.22. The number of β-amino-alcohol motifs (C(OH)–C–C–N with tert-alkyl or cyclic N) is 1. The van der Waals surface area contributed by atoms with E-state index in [0.29, 0.717) is 6.54 Å². The lowest BCUT2D eigenvalue weighted by Crippen LogP contribution is -2.38. The molecule has 0 spiro atoms. The first kappa shape index (κ1) is 10.9. The fourth-order valence-corrected chi connectivity index (χ4v) is 2.38. The largest absolute Gasteiger partial charge is 0.391 e. The van der Waals surface area contributed by atoms with Crippen LogP contribution >= 0.6 is 15.9 Å². The Morgan fingerprint density at radius 3 is 3.13 bits per heavy atom. The first-order valence-electron chi connectivity index (χ1n) is 5.22. The lowest BCUT2D eigenvalue weighted by atomic mass is 10.1. The molecule has 1 aliphatic rings. The molecule has 0 amide bonds. The number of halogens is 1. The fourth-order valence-electron chi connectivity index (χ4n) is 1.89. The van der Waals surface area contributed by atoms with Crippen molar-refractivity contribution >= 4 is 21.7 Å². The fraction of sp³-hybridized carbons (Fsp3) is 0.545. The highest BCUT2D eigenvalue weighted by molar-refractivity contribution is 9.10. The number of nitrogens with zero attached hydrogens (tertiary/aromatic N) is 2. The molecular weight excluding hydrogens is 256 g/mol. The molecule has 0 bridgehead atoms. The van der Waals surface area contributed by atoms with Gasteiger partial charge < -0.3 is 10.0 Å². The topological polar surface area (TPSA) is 36.4 Å². The Morgan fingerprint density at radius 2 is 2.40 bits per heavy atom. The molecule has 1 aliphatic heterocycles. The minimum absolute atomic E-state index is 0.215. The molecule has 2 rings (SSSR count). The molecule has 4 heteroatoms. The van der Waals surface area contributed by atoms with Gasteiger partial charge in [0.1, 0.15) is 5.82 Å². The average molecular weight is 271 g/mol. The number of aliphatic hydroxyl groups excluding tert-OH is 1. The van der Waals surface area contributed by atoms with Gasteiger partial charge in [0.2, 0.25) is 0 Å². The summed E-state index contributed by atoms with van der Waals surface area (Å²) in [5.41, 5.74) is 1.18. The highest BCUT2D eigenvalue weighted by atomic mass is 79.9. The molecule has 1 N–H and O–H groups in total. The highest BCUT2D eigenvalue weighted by Crippen LogP contribution is 2.28. The van der Waals surface area contributed by atoms with E-state index in [9.17, 15) is 5.11 Å². The van der Waals surface area contributed by atoms with Crippen LogP contribution in [0.2, 0.25) is 0 Å². The molecule has 0 radical (unpaired) electrons. The molecule has 1 saturated heterocycles. The van der Waals surface area contributed by atoms with Crippen molar-refractivity contribution in [3.8, 4) is 0 Å². The smallest absolute Gasteiger partial charge is 0.143 e. The Kier molecular flexibility index (Phi) is 3.26. The van der Waals surface area contributed by atoms with Crippen LogP contribution in [-0.2, 0) is 0 Å². The zero-order valence-electron chi connectivity index (χ0n) is 8.78. The van der Waals surface area contributed by atoms with Gasteiger partial charge in [-0.3, -0.25) is 0 Å². The predicted octanol–water partition coefficient (Wildman–Crippen LogP) is 2.11. The Bertz CT molecular complexity index is 356. The normalized spacial score (nSPS) is 21.8. The van der Waals surface area contributed by atoms with Gasteiger partial charge in [0.05, 0.1) is 10.6 Å². The van der Waals surface area contributed by atoms with Crippen LogP contribution in [-0.4, -0.2) is 29.3 Å². The zero-order chi connectivity index (χ0) is 10.8. The molecule has 1 fully saturated rings. The Morgan fingerprint density at radius 1 is 1.60 bits per heavy atom. The zero-order valence-corrected chi connectivity index (χ0v) is 10.4. The van der Waals surface area contributed by atoms with Crippen LogP contribution in [0, 0.1) is 6.92 Å². The Hall–Kier alpha value is -0.610. The van der Waals surface area contributed by atoms with Crippen molar-refractivity contribution in [2.45, 2.75) is 25.9 Å². The van der Waals surface area contributed by atoms with Crippen LogP contribution in [0.3, 0.4) is 0 Å². The highest BCUT2D eigenvalue weighted by Gasteiger charge is 2.20. The van der Waals surface area contributed by atoms with E-state index in [2.05, 4.69) is 32.7 Å². The van der Waals surface area contributed by atoms with Gasteiger partial charge in [-0.1, -0.05) is 0 Å². The number of hydrogen-bond donors (Lipinski definition) is 1. The van der Waals surface area contributed by atoms with E-state index in [-0.39, 0.29) is 6.10 Å². The summed E-state index contributed by atoms with van der Waals surface area (Å²) in [5, 5.41) is 9.62. The van der Waals surface area contributed by atoms with E-state index in [0.717, 1.165) is 29.7 Å². The van der Waals surface area contributed by atoms with Gasteiger partial charge in [-0.2, -0.15) is 0 Å². The van der Waals surface area contributed by atoms with Crippen molar-refractivity contribution in [2.75, 3.05) is 18.0 Å². The van der Waals surface area contributed by atoms with E-state index in [1.165, 1.54) is 5.56 Å². The second-order valence-corrected chi connectivity index (χ2v) is 4.80. The third kappa shape index (κ3) is 2.32. The van der Waals surface area contributed by atoms with Crippen molar-refractivity contribution < 1.29 is 5.11 Å². The van der Waals surface area contributed by atoms with Crippen molar-refractivity contribution in [3.63, 3.8) is 0 Å². The summed E-state index contributed by atoms with van der Waals surface area (Å²) in [5.74, 6) is 0.953. The summed E-state index contributed by atoms with van der Waals surface area (Å²) in [7, 11) is 0. The van der Waals surface area contributed by atoms with Gasteiger partial charge in [-0.25, -0.2) is 4.98 Å². The number of rotatable bonds is 1. The second-order valence-electron chi connectivity index (χ2n) is 4.01. The summed E-state index contributed by atoms with van der Waals surface area (Å²) in [4.78, 5) is 6.51. The number of aliphatic hydroxyl groups is 1. The molecule has 0 saturated carbocycles. The first-order chi connectivity index (χ1) is 7.18. The van der Waals surface area contributed by atoms with Gasteiger partial charge in [-0.05, 0) is 47.3 Å². The number of pyridine rings is 1. The first-order valence-corrected chi connectivity index (χ1v) is 6.02. The number of piperidine rings is 1. The van der Waals surface area contributed by atoms with E-state index in [4.69, 9.17) is 0 Å². The quantitative estimate of drug-likeness (QED) is 0.850. The minimum Gasteiger partial charge on any atom is -0.391 e. The molecule has 15 heavy (non-hydrogen) atoms. The molecule has 2 heterocycles. The number of aromatic nitrogens is 1. The van der Waals surface area contributed by atoms with Gasteiger partial charge in [0, 0.05) is 19.3 Å². The van der Waals surface area contributed by atoms with Gasteiger partial charge in [0.15, 0.2) is 0 Å². The molecule has 3 nitrogen and oxygen atoms in total.